The molecule has 8 heterocycles. The van der Waals surface area contributed by atoms with E-state index in [1.807, 2.05) is 43.0 Å². The minimum absolute atomic E-state index is 0.0175. The van der Waals surface area contributed by atoms with E-state index >= 15 is 8.78 Å². The Hall–Kier alpha value is -6.29. The van der Waals surface area contributed by atoms with Gasteiger partial charge in [0.1, 0.15) is 24.2 Å². The smallest absolute Gasteiger partial charge is 0.255 e. The number of aromatic nitrogens is 4. The number of pyridine rings is 2. The number of imide groups is 1. The monoisotopic (exact) mass is 856 g/mol. The maximum Gasteiger partial charge on any atom is 0.255 e. The summed E-state index contributed by atoms with van der Waals surface area (Å²) in [6.45, 7) is 8.91. The van der Waals surface area contributed by atoms with Crippen molar-refractivity contribution in [2.24, 2.45) is 5.92 Å². The summed E-state index contributed by atoms with van der Waals surface area (Å²) in [7, 11) is 0. The number of anilines is 3. The zero-order chi connectivity index (χ0) is 43.5. The van der Waals surface area contributed by atoms with Crippen LogP contribution in [0, 0.1) is 31.4 Å². The molecule has 2 N–H and O–H groups in total. The Morgan fingerprint density at radius 1 is 0.762 bits per heavy atom. The van der Waals surface area contributed by atoms with Gasteiger partial charge in [0.2, 0.25) is 17.7 Å². The molecule has 5 aliphatic rings. The molecular weight excluding hydrogens is 807 g/mol. The number of likely N-dealkylation sites (tertiary alicyclic amines) is 1. The molecule has 0 spiro atoms. The molecule has 2 aromatic carbocycles. The number of fused-ring (bicyclic) bond motifs is 3. The topological polar surface area (TPSA) is 149 Å². The molecule has 14 nitrogen and oxygen atoms in total. The highest BCUT2D eigenvalue weighted by Gasteiger charge is 2.41. The van der Waals surface area contributed by atoms with Crippen molar-refractivity contribution in [3.63, 3.8) is 0 Å². The van der Waals surface area contributed by atoms with Gasteiger partial charge in [0, 0.05) is 116 Å². The van der Waals surface area contributed by atoms with E-state index in [0.717, 1.165) is 73.2 Å². The number of rotatable bonds is 8. The van der Waals surface area contributed by atoms with E-state index in [1.54, 1.807) is 29.2 Å². The summed E-state index contributed by atoms with van der Waals surface area (Å²) < 4.78 is 33.0. The number of hydrogen-bond donors (Lipinski definition) is 2. The Balaban J connectivity index is 0.704. The van der Waals surface area contributed by atoms with Gasteiger partial charge in [0.05, 0.1) is 12.2 Å². The molecule has 1 unspecified atom stereocenters. The number of aryl methyl sites for hydroxylation is 2. The average molecular weight is 857 g/mol. The summed E-state index contributed by atoms with van der Waals surface area (Å²) in [6.07, 6.45) is 8.11. The van der Waals surface area contributed by atoms with Crippen molar-refractivity contribution in [3.8, 4) is 11.1 Å². The highest BCUT2D eigenvalue weighted by atomic mass is 19.1. The third-order valence-electron chi connectivity index (χ3n) is 13.8. The number of carbonyl (C=O) groups excluding carboxylic acids is 4. The predicted molar refractivity (Wildman–Crippen MR) is 232 cm³/mol. The third kappa shape index (κ3) is 7.89. The van der Waals surface area contributed by atoms with Gasteiger partial charge in [0.15, 0.2) is 11.6 Å². The summed E-state index contributed by atoms with van der Waals surface area (Å²) in [5.41, 5.74) is 5.14. The molecule has 0 aliphatic carbocycles. The van der Waals surface area contributed by atoms with Crippen molar-refractivity contribution in [1.82, 2.24) is 39.8 Å². The van der Waals surface area contributed by atoms with Crippen LogP contribution in [0.15, 0.2) is 54.9 Å². The normalized spacial score (nSPS) is 20.3. The molecule has 10 rings (SSSR count). The fourth-order valence-electron chi connectivity index (χ4n) is 10.3. The molecule has 326 valence electrons. The van der Waals surface area contributed by atoms with Gasteiger partial charge in [-0.05, 0) is 99.2 Å². The Morgan fingerprint density at radius 2 is 1.57 bits per heavy atom. The van der Waals surface area contributed by atoms with Crippen LogP contribution in [-0.2, 0) is 33.9 Å². The number of hydrogen-bond acceptors (Lipinski definition) is 10. The lowest BCUT2D eigenvalue weighted by atomic mass is 9.93. The van der Waals surface area contributed by atoms with Gasteiger partial charge in [-0.1, -0.05) is 0 Å². The number of carbonyl (C=O) groups is 4. The van der Waals surface area contributed by atoms with Gasteiger partial charge in [-0.3, -0.25) is 34.2 Å². The molecule has 0 bridgehead atoms. The second-order valence-corrected chi connectivity index (χ2v) is 17.8. The largest absolute Gasteiger partial charge is 0.369 e. The zero-order valence-electron chi connectivity index (χ0n) is 35.5. The summed E-state index contributed by atoms with van der Waals surface area (Å²) in [6, 6.07) is 11.9. The zero-order valence-corrected chi connectivity index (χ0v) is 35.5. The van der Waals surface area contributed by atoms with Crippen molar-refractivity contribution in [2.45, 2.75) is 84.0 Å². The maximum atomic E-state index is 16.0. The van der Waals surface area contributed by atoms with Crippen LogP contribution >= 0.6 is 0 Å². The standard InChI is InChI=1S/C47H50F2N10O4/c1-27-17-28(2)50-23-36(27)35-18-30-20-41(51-22-31(30)19-38(35)48)52-42-21-33-11-16-57(44(61)26-59(33)54-42)32-9-12-55(13-10-32)24-29-7-14-56(15-8-29)39-4-3-34-37(45(39)49)25-58(47(34)63)40-5-6-43(60)53-46(40)62/h3-4,17-23,29,32,40H,5-16,24-26H2,1-2H3,(H,51,52,54)(H,53,60,62). The lowest BCUT2D eigenvalue weighted by Gasteiger charge is -2.41. The molecule has 63 heavy (non-hydrogen) atoms. The first-order valence-corrected chi connectivity index (χ1v) is 22.0. The summed E-state index contributed by atoms with van der Waals surface area (Å²) in [5.74, 6) is -0.242. The molecule has 3 saturated heterocycles. The minimum atomic E-state index is -0.779. The SMILES string of the molecule is Cc1cc(C)c(-c2cc3cc(Nc4cc5n(n4)CC(=O)N(C4CCN(CC6CCN(c7ccc8c(c7F)CN(C7CCC(=O)NC7=O)C8=O)CC6)CC4)CC5)ncc3cc2F)cn1. The van der Waals surface area contributed by atoms with E-state index in [2.05, 4.69) is 30.4 Å². The fraction of sp³-hybridized carbons (Fsp3) is 0.426. The van der Waals surface area contributed by atoms with Crippen molar-refractivity contribution >= 4 is 51.7 Å². The van der Waals surface area contributed by atoms with Gasteiger partial charge in [-0.25, -0.2) is 13.8 Å². The summed E-state index contributed by atoms with van der Waals surface area (Å²) in [5, 5.41) is 11.9. The highest BCUT2D eigenvalue weighted by Crippen LogP contribution is 2.36. The lowest BCUT2D eigenvalue weighted by Crippen LogP contribution is -2.52. The second kappa shape index (κ2) is 16.4. The number of nitrogens with zero attached hydrogens (tertiary/aromatic N) is 8. The van der Waals surface area contributed by atoms with Gasteiger partial charge in [-0.2, -0.15) is 5.10 Å². The van der Waals surface area contributed by atoms with Crippen LogP contribution in [0.3, 0.4) is 0 Å². The minimum Gasteiger partial charge on any atom is -0.369 e. The molecule has 5 aromatic rings. The van der Waals surface area contributed by atoms with Crippen molar-refractivity contribution in [2.75, 3.05) is 49.5 Å². The van der Waals surface area contributed by atoms with E-state index in [0.29, 0.717) is 65.8 Å². The first-order valence-electron chi connectivity index (χ1n) is 22.0. The van der Waals surface area contributed by atoms with Crippen LogP contribution in [0.4, 0.5) is 26.1 Å². The number of halogens is 2. The number of benzene rings is 2. The van der Waals surface area contributed by atoms with Crippen LogP contribution in [-0.4, -0.2) is 109 Å². The first-order chi connectivity index (χ1) is 30.4. The number of nitrogens with one attached hydrogen (secondary N) is 2. The van der Waals surface area contributed by atoms with E-state index in [1.165, 1.54) is 11.0 Å². The van der Waals surface area contributed by atoms with Gasteiger partial charge in [-0.15, -0.1) is 0 Å². The third-order valence-corrected chi connectivity index (χ3v) is 13.8. The van der Waals surface area contributed by atoms with E-state index in [4.69, 9.17) is 5.10 Å². The molecule has 0 saturated carbocycles. The second-order valence-electron chi connectivity index (χ2n) is 17.8. The summed E-state index contributed by atoms with van der Waals surface area (Å²) in [4.78, 5) is 67.9. The van der Waals surface area contributed by atoms with Crippen molar-refractivity contribution < 1.29 is 28.0 Å². The quantitative estimate of drug-likeness (QED) is 0.188. The fourth-order valence-corrected chi connectivity index (χ4v) is 10.3. The molecule has 5 aliphatic heterocycles. The molecule has 3 aromatic heterocycles. The molecule has 0 radical (unpaired) electrons. The lowest BCUT2D eigenvalue weighted by molar-refractivity contribution is -0.137. The van der Waals surface area contributed by atoms with Crippen LogP contribution in [0.1, 0.15) is 71.4 Å². The Morgan fingerprint density at radius 3 is 2.35 bits per heavy atom. The van der Waals surface area contributed by atoms with Gasteiger partial charge in [0.25, 0.3) is 5.91 Å². The van der Waals surface area contributed by atoms with Crippen LogP contribution < -0.4 is 15.5 Å². The van der Waals surface area contributed by atoms with E-state index < -0.39 is 17.8 Å². The van der Waals surface area contributed by atoms with E-state index in [9.17, 15) is 19.2 Å². The molecule has 3 fully saturated rings. The van der Waals surface area contributed by atoms with Crippen LogP contribution in [0.2, 0.25) is 0 Å². The van der Waals surface area contributed by atoms with Gasteiger partial charge >= 0.3 is 0 Å². The van der Waals surface area contributed by atoms with E-state index in [-0.39, 0.29) is 61.1 Å². The Labute approximate surface area is 363 Å². The predicted octanol–water partition coefficient (Wildman–Crippen LogP) is 5.66. The van der Waals surface area contributed by atoms with Crippen LogP contribution in [0.5, 0.6) is 0 Å². The molecule has 4 amide bonds. The molecule has 16 heteroatoms. The van der Waals surface area contributed by atoms with Gasteiger partial charge < -0.3 is 24.9 Å². The maximum absolute atomic E-state index is 16.0. The molecule has 1 atom stereocenters. The number of piperidine rings is 3. The Kier molecular flexibility index (Phi) is 10.6. The highest BCUT2D eigenvalue weighted by molar-refractivity contribution is 6.05. The van der Waals surface area contributed by atoms with Crippen LogP contribution in [0.25, 0.3) is 21.9 Å². The van der Waals surface area contributed by atoms with Crippen molar-refractivity contribution in [1.29, 1.82) is 0 Å². The average Bonchev–Trinajstić information content (AvgIpc) is 3.76. The first kappa shape index (κ1) is 40.8. The Bertz CT molecular complexity index is 2670. The summed E-state index contributed by atoms with van der Waals surface area (Å²) >= 11 is 0. The van der Waals surface area contributed by atoms with Crippen molar-refractivity contribution in [3.05, 3.63) is 94.6 Å². The number of amides is 4. The molecular formula is C47H50F2N10O4.